The first-order chi connectivity index (χ1) is 14.3. The number of rotatable bonds is 6. The average Bonchev–Trinajstić information content (AvgIpc) is 2.67. The highest BCUT2D eigenvalue weighted by Crippen LogP contribution is 2.27. The molecule has 31 heavy (non-hydrogen) atoms. The summed E-state index contributed by atoms with van der Waals surface area (Å²) >= 11 is 0. The number of benzene rings is 2. The Balaban J connectivity index is 2.58. The number of nitrogens with zero attached hydrogens (tertiary/aromatic N) is 2. The lowest BCUT2D eigenvalue weighted by Gasteiger charge is -2.25. The molecule has 166 valence electrons. The minimum Gasteiger partial charge on any atom is -0.459 e. The van der Waals surface area contributed by atoms with Crippen molar-refractivity contribution >= 4 is 16.0 Å². The number of carbonyl (C=O) groups excluding carboxylic acids is 1. The van der Waals surface area contributed by atoms with E-state index in [1.165, 1.54) is 45.0 Å². The molecule has 0 amide bonds. The maximum Gasteiger partial charge on any atom is 0.321 e. The summed E-state index contributed by atoms with van der Waals surface area (Å²) in [5.74, 6) is -9.58. The topological polar surface area (TPSA) is 87.5 Å². The summed E-state index contributed by atoms with van der Waals surface area (Å²) in [4.78, 5) is 10.8. The third kappa shape index (κ3) is 5.59. The molecule has 2 rings (SSSR count). The highest BCUT2D eigenvalue weighted by atomic mass is 32.2. The smallest absolute Gasteiger partial charge is 0.321 e. The first kappa shape index (κ1) is 24.3. The summed E-state index contributed by atoms with van der Waals surface area (Å²) < 4.78 is 86.3. The number of halogens is 4. The van der Waals surface area contributed by atoms with Gasteiger partial charge in [-0.2, -0.15) is 9.57 Å². The van der Waals surface area contributed by atoms with Crippen LogP contribution in [-0.4, -0.2) is 30.8 Å². The van der Waals surface area contributed by atoms with Gasteiger partial charge in [-0.25, -0.2) is 26.0 Å². The van der Waals surface area contributed by atoms with Gasteiger partial charge in [0.15, 0.2) is 23.3 Å². The molecule has 0 aromatic heterocycles. The van der Waals surface area contributed by atoms with Crippen molar-refractivity contribution in [1.82, 2.24) is 4.31 Å². The van der Waals surface area contributed by atoms with Crippen LogP contribution in [0.5, 0.6) is 0 Å². The lowest BCUT2D eigenvalue weighted by Crippen LogP contribution is -2.39. The first-order valence-corrected chi connectivity index (χ1v) is 10.2. The van der Waals surface area contributed by atoms with Crippen molar-refractivity contribution in [2.75, 3.05) is 6.54 Å². The second-order valence-electron chi connectivity index (χ2n) is 7.43. The molecular formula is C20H18F4N2O4S. The van der Waals surface area contributed by atoms with E-state index in [0.29, 0.717) is 4.31 Å². The SMILES string of the molecule is CC(C)(C)OC(=O)CN(Cc1ccccc1C#N)S(=O)(=O)c1cc(F)c(F)c(F)c1F. The number of carbonyl (C=O) groups is 1. The lowest BCUT2D eigenvalue weighted by atomic mass is 10.1. The maximum absolute atomic E-state index is 14.2. The Hall–Kier alpha value is -2.97. The van der Waals surface area contributed by atoms with Gasteiger partial charge in [-0.15, -0.1) is 0 Å². The van der Waals surface area contributed by atoms with Gasteiger partial charge in [0, 0.05) is 12.6 Å². The van der Waals surface area contributed by atoms with Crippen LogP contribution in [0.4, 0.5) is 17.6 Å². The van der Waals surface area contributed by atoms with E-state index < -0.39 is 62.8 Å². The summed E-state index contributed by atoms with van der Waals surface area (Å²) in [6.45, 7) is 3.00. The van der Waals surface area contributed by atoms with E-state index in [9.17, 15) is 36.0 Å². The highest BCUT2D eigenvalue weighted by Gasteiger charge is 2.34. The number of sulfonamides is 1. The van der Waals surface area contributed by atoms with E-state index in [2.05, 4.69) is 0 Å². The van der Waals surface area contributed by atoms with Gasteiger partial charge in [0.1, 0.15) is 17.0 Å². The Morgan fingerprint density at radius 2 is 1.71 bits per heavy atom. The van der Waals surface area contributed by atoms with Gasteiger partial charge in [-0.1, -0.05) is 18.2 Å². The Kier molecular flexibility index (Phi) is 7.08. The molecule has 0 aliphatic carbocycles. The molecule has 0 aliphatic rings. The number of ether oxygens (including phenoxy) is 1. The lowest BCUT2D eigenvalue weighted by molar-refractivity contribution is -0.155. The molecule has 0 spiro atoms. The van der Waals surface area contributed by atoms with Crippen LogP contribution in [0.1, 0.15) is 31.9 Å². The largest absolute Gasteiger partial charge is 0.459 e. The Bertz CT molecular complexity index is 1150. The molecule has 11 heteroatoms. The number of hydrogen-bond donors (Lipinski definition) is 0. The van der Waals surface area contributed by atoms with Crippen LogP contribution in [0.15, 0.2) is 35.2 Å². The normalized spacial score (nSPS) is 12.0. The standard InChI is InChI=1S/C20H18F4N2O4S/c1-20(2,3)30-16(27)11-26(10-13-7-5-4-6-12(13)9-25)31(28,29)15-8-14(21)17(22)19(24)18(15)23/h4-8H,10-11H2,1-3H3. The highest BCUT2D eigenvalue weighted by molar-refractivity contribution is 7.89. The van der Waals surface area contributed by atoms with E-state index >= 15 is 0 Å². The molecule has 0 radical (unpaired) electrons. The van der Waals surface area contributed by atoms with Crippen LogP contribution >= 0.6 is 0 Å². The first-order valence-electron chi connectivity index (χ1n) is 8.81. The minimum atomic E-state index is -5.07. The zero-order valence-electron chi connectivity index (χ0n) is 16.7. The van der Waals surface area contributed by atoms with Crippen molar-refractivity contribution < 1.29 is 35.5 Å². The molecule has 0 atom stereocenters. The third-order valence-electron chi connectivity index (χ3n) is 3.90. The molecular weight excluding hydrogens is 440 g/mol. The van der Waals surface area contributed by atoms with E-state index in [-0.39, 0.29) is 17.2 Å². The third-order valence-corrected chi connectivity index (χ3v) is 5.69. The fraction of sp³-hybridized carbons (Fsp3) is 0.300. The second kappa shape index (κ2) is 9.03. The summed E-state index contributed by atoms with van der Waals surface area (Å²) in [6.07, 6.45) is 0. The van der Waals surface area contributed by atoms with Gasteiger partial charge in [0.25, 0.3) is 0 Å². The predicted octanol–water partition coefficient (Wildman–Crippen LogP) is 3.65. The van der Waals surface area contributed by atoms with Gasteiger partial charge < -0.3 is 4.74 Å². The minimum absolute atomic E-state index is 0.0125. The van der Waals surface area contributed by atoms with Crippen LogP contribution in [0, 0.1) is 34.6 Å². The van der Waals surface area contributed by atoms with Gasteiger partial charge in [-0.05, 0) is 32.4 Å². The van der Waals surface area contributed by atoms with Crippen molar-refractivity contribution in [3.05, 3.63) is 64.7 Å². The predicted molar refractivity (Wildman–Crippen MR) is 101 cm³/mol. The van der Waals surface area contributed by atoms with Crippen LogP contribution in [0.2, 0.25) is 0 Å². The molecule has 0 unspecified atom stereocenters. The molecule has 0 bridgehead atoms. The maximum atomic E-state index is 14.2. The molecule has 0 saturated carbocycles. The quantitative estimate of drug-likeness (QED) is 0.285. The van der Waals surface area contributed by atoms with E-state index in [1.807, 2.05) is 6.07 Å². The number of nitriles is 1. The Labute approximate surface area is 176 Å². The molecule has 6 nitrogen and oxygen atoms in total. The monoisotopic (exact) mass is 458 g/mol. The van der Waals surface area contributed by atoms with E-state index in [1.54, 1.807) is 0 Å². The zero-order valence-corrected chi connectivity index (χ0v) is 17.6. The molecule has 2 aromatic rings. The summed E-state index contributed by atoms with van der Waals surface area (Å²) in [7, 11) is -5.07. The van der Waals surface area contributed by atoms with Crippen molar-refractivity contribution in [3.8, 4) is 6.07 Å². The molecule has 0 fully saturated rings. The van der Waals surface area contributed by atoms with Crippen LogP contribution in [0.25, 0.3) is 0 Å². The summed E-state index contributed by atoms with van der Waals surface area (Å²) in [5.41, 5.74) is -0.791. The number of esters is 1. The number of hydrogen-bond acceptors (Lipinski definition) is 5. The second-order valence-corrected chi connectivity index (χ2v) is 9.33. The Morgan fingerprint density at radius 3 is 2.29 bits per heavy atom. The average molecular weight is 458 g/mol. The molecule has 0 N–H and O–H groups in total. The molecule has 2 aromatic carbocycles. The van der Waals surface area contributed by atoms with E-state index in [4.69, 9.17) is 4.74 Å². The van der Waals surface area contributed by atoms with Crippen molar-refractivity contribution in [2.24, 2.45) is 0 Å². The van der Waals surface area contributed by atoms with Gasteiger partial charge in [-0.3, -0.25) is 4.79 Å². The van der Waals surface area contributed by atoms with Crippen molar-refractivity contribution in [3.63, 3.8) is 0 Å². The molecule has 0 heterocycles. The van der Waals surface area contributed by atoms with Crippen LogP contribution < -0.4 is 0 Å². The van der Waals surface area contributed by atoms with Crippen LogP contribution in [0.3, 0.4) is 0 Å². The molecule has 0 saturated heterocycles. The summed E-state index contributed by atoms with van der Waals surface area (Å²) in [5, 5.41) is 9.22. The van der Waals surface area contributed by atoms with Gasteiger partial charge in [0.05, 0.1) is 11.6 Å². The van der Waals surface area contributed by atoms with Crippen molar-refractivity contribution in [1.29, 1.82) is 5.26 Å². The van der Waals surface area contributed by atoms with E-state index in [0.717, 1.165) is 0 Å². The summed E-state index contributed by atoms with van der Waals surface area (Å²) in [6, 6.07) is 7.60. The van der Waals surface area contributed by atoms with Gasteiger partial charge >= 0.3 is 5.97 Å². The Morgan fingerprint density at radius 1 is 1.10 bits per heavy atom. The van der Waals surface area contributed by atoms with Crippen molar-refractivity contribution in [2.45, 2.75) is 37.8 Å². The fourth-order valence-corrected chi connectivity index (χ4v) is 4.01. The van der Waals surface area contributed by atoms with Crippen LogP contribution in [-0.2, 0) is 26.1 Å². The molecule has 0 aliphatic heterocycles. The zero-order chi connectivity index (χ0) is 23.6. The van der Waals surface area contributed by atoms with Gasteiger partial charge in [0.2, 0.25) is 10.0 Å². The fourth-order valence-electron chi connectivity index (χ4n) is 2.58.